The fourth-order valence-corrected chi connectivity index (χ4v) is 4.10. The quantitative estimate of drug-likeness (QED) is 0.812. The number of sulfonamides is 1. The molecule has 0 aromatic carbocycles. The lowest BCUT2D eigenvalue weighted by Gasteiger charge is -2.23. The first-order valence-corrected chi connectivity index (χ1v) is 7.24. The Bertz CT molecular complexity index is 458. The maximum atomic E-state index is 12.2. The van der Waals surface area contributed by atoms with Crippen LogP contribution in [0.15, 0.2) is 21.7 Å². The number of hydrogen-bond donors (Lipinski definition) is 0. The minimum Gasteiger partial charge on any atom is -0.206 e. The molecule has 6 heteroatoms. The van der Waals surface area contributed by atoms with Gasteiger partial charge in [0.2, 0.25) is 0 Å². The predicted octanol–water partition coefficient (Wildman–Crippen LogP) is 2.06. The summed E-state index contributed by atoms with van der Waals surface area (Å²) < 4.78 is 26.0. The molecule has 0 spiro atoms. The molecule has 1 heterocycles. The van der Waals surface area contributed by atoms with Crippen molar-refractivity contribution in [3.63, 3.8) is 0 Å². The van der Waals surface area contributed by atoms with Crippen LogP contribution in [-0.2, 0) is 10.0 Å². The fraction of sp³-hybridized carbons (Fsp3) is 0.500. The monoisotopic (exact) mass is 258 g/mol. The van der Waals surface area contributed by atoms with Crippen molar-refractivity contribution in [2.75, 3.05) is 6.54 Å². The molecule has 0 N–H and O–H groups in total. The molecule has 0 amide bonds. The van der Waals surface area contributed by atoms with Crippen molar-refractivity contribution in [3.8, 4) is 6.07 Å². The molecular formula is C10H14N2O2S2. The smallest absolute Gasteiger partial charge is 0.206 e. The standard InChI is InChI=1S/C10H14N2O2S2/c1-9(2)12(7-4-6-11)16(13,14)10-5-3-8-15-10/h3,5,8-9H,4,7H2,1-2H3. The molecule has 0 bridgehead atoms. The molecule has 88 valence electrons. The highest BCUT2D eigenvalue weighted by molar-refractivity contribution is 7.91. The lowest BCUT2D eigenvalue weighted by Crippen LogP contribution is -2.37. The van der Waals surface area contributed by atoms with Crippen LogP contribution in [0.3, 0.4) is 0 Å². The Hall–Kier alpha value is -0.900. The van der Waals surface area contributed by atoms with E-state index in [2.05, 4.69) is 0 Å². The van der Waals surface area contributed by atoms with Crippen molar-refractivity contribution < 1.29 is 8.42 Å². The van der Waals surface area contributed by atoms with Crippen molar-refractivity contribution in [3.05, 3.63) is 17.5 Å². The molecule has 0 radical (unpaired) electrons. The van der Waals surface area contributed by atoms with E-state index >= 15 is 0 Å². The van der Waals surface area contributed by atoms with E-state index in [1.807, 2.05) is 19.9 Å². The highest BCUT2D eigenvalue weighted by atomic mass is 32.2. The number of nitrogens with zero attached hydrogens (tertiary/aromatic N) is 2. The first-order valence-electron chi connectivity index (χ1n) is 4.92. The molecular weight excluding hydrogens is 244 g/mol. The Morgan fingerprint density at radius 1 is 1.56 bits per heavy atom. The van der Waals surface area contributed by atoms with Gasteiger partial charge in [0, 0.05) is 19.0 Å². The normalized spacial score (nSPS) is 11.9. The fourth-order valence-electron chi connectivity index (χ4n) is 1.34. The molecule has 0 unspecified atom stereocenters. The molecule has 0 saturated heterocycles. The summed E-state index contributed by atoms with van der Waals surface area (Å²) in [6.45, 7) is 3.86. The van der Waals surface area contributed by atoms with Crippen molar-refractivity contribution in [1.29, 1.82) is 5.26 Å². The van der Waals surface area contributed by atoms with Crippen LogP contribution >= 0.6 is 11.3 Å². The summed E-state index contributed by atoms with van der Waals surface area (Å²) in [6, 6.07) is 5.12. The zero-order chi connectivity index (χ0) is 12.2. The highest BCUT2D eigenvalue weighted by Gasteiger charge is 2.27. The maximum Gasteiger partial charge on any atom is 0.252 e. The van der Waals surface area contributed by atoms with Gasteiger partial charge in [-0.2, -0.15) is 9.57 Å². The van der Waals surface area contributed by atoms with Crippen LogP contribution in [0.5, 0.6) is 0 Å². The first-order chi connectivity index (χ1) is 7.50. The van der Waals surface area contributed by atoms with Crippen LogP contribution < -0.4 is 0 Å². The van der Waals surface area contributed by atoms with Crippen molar-refractivity contribution in [2.24, 2.45) is 0 Å². The average molecular weight is 258 g/mol. The summed E-state index contributed by atoms with van der Waals surface area (Å²) in [5.41, 5.74) is 0. The number of thiophene rings is 1. The van der Waals surface area contributed by atoms with Crippen LogP contribution in [0.25, 0.3) is 0 Å². The minimum absolute atomic E-state index is 0.138. The molecule has 0 atom stereocenters. The van der Waals surface area contributed by atoms with Gasteiger partial charge >= 0.3 is 0 Å². The maximum absolute atomic E-state index is 12.2. The predicted molar refractivity (Wildman–Crippen MR) is 63.6 cm³/mol. The summed E-state index contributed by atoms with van der Waals surface area (Å²) in [5, 5.41) is 10.3. The Morgan fingerprint density at radius 3 is 2.69 bits per heavy atom. The second kappa shape index (κ2) is 5.43. The summed E-state index contributed by atoms with van der Waals surface area (Å²) >= 11 is 1.20. The van der Waals surface area contributed by atoms with Crippen LogP contribution in [0.4, 0.5) is 0 Å². The second-order valence-corrected chi connectivity index (χ2v) is 6.61. The SMILES string of the molecule is CC(C)N(CCC#N)S(=O)(=O)c1cccs1. The third-order valence-corrected chi connectivity index (χ3v) is 5.53. The molecule has 0 fully saturated rings. The lowest BCUT2D eigenvalue weighted by molar-refractivity contribution is 0.361. The Morgan fingerprint density at radius 2 is 2.25 bits per heavy atom. The molecule has 0 saturated carbocycles. The largest absolute Gasteiger partial charge is 0.252 e. The number of rotatable bonds is 5. The van der Waals surface area contributed by atoms with Gasteiger partial charge in [0.05, 0.1) is 6.07 Å². The summed E-state index contributed by atoms with van der Waals surface area (Å²) in [6.07, 6.45) is 0.211. The van der Waals surface area contributed by atoms with E-state index in [4.69, 9.17) is 5.26 Å². The van der Waals surface area contributed by atoms with Gasteiger partial charge in [-0.25, -0.2) is 8.42 Å². The molecule has 0 aliphatic heterocycles. The summed E-state index contributed by atoms with van der Waals surface area (Å²) in [5.74, 6) is 0. The molecule has 4 nitrogen and oxygen atoms in total. The van der Waals surface area contributed by atoms with Crippen molar-refractivity contribution in [2.45, 2.75) is 30.5 Å². The van der Waals surface area contributed by atoms with E-state index in [0.29, 0.717) is 4.21 Å². The van der Waals surface area contributed by atoms with E-state index < -0.39 is 10.0 Å². The third kappa shape index (κ3) is 2.82. The minimum atomic E-state index is -3.43. The van der Waals surface area contributed by atoms with E-state index in [-0.39, 0.29) is 19.0 Å². The molecule has 1 aromatic rings. The van der Waals surface area contributed by atoms with Gasteiger partial charge in [0.15, 0.2) is 0 Å². The first kappa shape index (κ1) is 13.2. The highest BCUT2D eigenvalue weighted by Crippen LogP contribution is 2.22. The van der Waals surface area contributed by atoms with Crippen molar-refractivity contribution in [1.82, 2.24) is 4.31 Å². The average Bonchev–Trinajstić information content (AvgIpc) is 2.70. The van der Waals surface area contributed by atoms with E-state index in [1.165, 1.54) is 15.6 Å². The second-order valence-electron chi connectivity index (χ2n) is 3.55. The van der Waals surface area contributed by atoms with Crippen LogP contribution in [0.2, 0.25) is 0 Å². The van der Waals surface area contributed by atoms with Gasteiger partial charge in [0.1, 0.15) is 4.21 Å². The Kier molecular flexibility index (Phi) is 4.47. The van der Waals surface area contributed by atoms with Gasteiger partial charge in [-0.15, -0.1) is 11.3 Å². The molecule has 0 aliphatic rings. The van der Waals surface area contributed by atoms with Crippen LogP contribution in [0.1, 0.15) is 20.3 Å². The topological polar surface area (TPSA) is 61.2 Å². The van der Waals surface area contributed by atoms with E-state index in [0.717, 1.165) is 0 Å². The van der Waals surface area contributed by atoms with Gasteiger partial charge in [0.25, 0.3) is 10.0 Å². The van der Waals surface area contributed by atoms with Gasteiger partial charge in [-0.3, -0.25) is 0 Å². The summed E-state index contributed by atoms with van der Waals surface area (Å²) in [7, 11) is -3.43. The zero-order valence-corrected chi connectivity index (χ0v) is 10.9. The van der Waals surface area contributed by atoms with Gasteiger partial charge < -0.3 is 0 Å². The molecule has 16 heavy (non-hydrogen) atoms. The Balaban J connectivity index is 2.99. The lowest BCUT2D eigenvalue weighted by atomic mass is 10.3. The van der Waals surface area contributed by atoms with Gasteiger partial charge in [-0.1, -0.05) is 6.07 Å². The van der Waals surface area contributed by atoms with Crippen LogP contribution in [0, 0.1) is 11.3 Å². The number of nitriles is 1. The Labute approximate surface area is 100 Å². The molecule has 1 rings (SSSR count). The molecule has 0 aliphatic carbocycles. The third-order valence-electron chi connectivity index (χ3n) is 2.08. The summed E-state index contributed by atoms with van der Waals surface area (Å²) in [4.78, 5) is 0. The van der Waals surface area contributed by atoms with Gasteiger partial charge in [-0.05, 0) is 25.3 Å². The molecule has 1 aromatic heterocycles. The van der Waals surface area contributed by atoms with E-state index in [1.54, 1.807) is 17.5 Å². The zero-order valence-electron chi connectivity index (χ0n) is 9.25. The van der Waals surface area contributed by atoms with Crippen molar-refractivity contribution >= 4 is 21.4 Å². The van der Waals surface area contributed by atoms with Crippen LogP contribution in [-0.4, -0.2) is 25.3 Å². The number of hydrogen-bond acceptors (Lipinski definition) is 4. The van der Waals surface area contributed by atoms with E-state index in [9.17, 15) is 8.42 Å².